The molecule has 3 unspecified atom stereocenters. The second-order valence-corrected chi connectivity index (χ2v) is 13.6. The second kappa shape index (κ2) is 10.7. The molecule has 3 fully saturated rings. The number of ether oxygens (including phenoxy) is 2. The van der Waals surface area contributed by atoms with Crippen molar-refractivity contribution in [3.05, 3.63) is 25.3 Å². The normalized spacial score (nSPS) is 38.2. The Bertz CT molecular complexity index is 1710. The van der Waals surface area contributed by atoms with E-state index in [-0.39, 0.29) is 34.0 Å². The summed E-state index contributed by atoms with van der Waals surface area (Å²) in [6.45, 7) is -1.44. The number of halogens is 2. The van der Waals surface area contributed by atoms with Gasteiger partial charge in [-0.15, -0.1) is 0 Å². The minimum absolute atomic E-state index is 0.0327. The molecule has 7 heterocycles. The van der Waals surface area contributed by atoms with Crippen molar-refractivity contribution in [2.45, 2.75) is 49.2 Å². The van der Waals surface area contributed by atoms with E-state index < -0.39 is 77.7 Å². The second-order valence-electron chi connectivity index (χ2n) is 10.2. The van der Waals surface area contributed by atoms with E-state index in [9.17, 15) is 14.0 Å². The molecule has 0 amide bonds. The number of rotatable bonds is 2. The van der Waals surface area contributed by atoms with Gasteiger partial charge < -0.3 is 34.9 Å². The van der Waals surface area contributed by atoms with Crippen molar-refractivity contribution in [2.24, 2.45) is 0 Å². The lowest BCUT2D eigenvalue weighted by Gasteiger charge is -2.28. The van der Waals surface area contributed by atoms with Crippen molar-refractivity contribution in [3.8, 4) is 0 Å². The van der Waals surface area contributed by atoms with Crippen LogP contribution >= 0.6 is 15.3 Å². The van der Waals surface area contributed by atoms with Gasteiger partial charge in [-0.05, 0) is 0 Å². The Balaban J connectivity index is 1.17. The summed E-state index contributed by atoms with van der Waals surface area (Å²) in [5, 5.41) is 0. The summed E-state index contributed by atoms with van der Waals surface area (Å²) in [4.78, 5) is 34.5. The van der Waals surface area contributed by atoms with Gasteiger partial charge in [-0.3, -0.25) is 22.7 Å². The highest BCUT2D eigenvalue weighted by Crippen LogP contribution is 2.54. The van der Waals surface area contributed by atoms with Crippen molar-refractivity contribution < 1.29 is 50.4 Å². The third-order valence-corrected chi connectivity index (χ3v) is 9.53. The highest BCUT2D eigenvalue weighted by atomic mass is 31.2. The topological polar surface area (TPSA) is 249 Å². The number of hydrogen-bond donors (Lipinski definition) is 3. The van der Waals surface area contributed by atoms with Crippen LogP contribution in [0.5, 0.6) is 0 Å². The van der Waals surface area contributed by atoms with Crippen LogP contribution in [0.25, 0.3) is 22.3 Å². The zero-order valence-corrected chi connectivity index (χ0v) is 24.2. The number of phosphoric ester groups is 1. The molecule has 0 bridgehead atoms. The molecule has 10 atom stereocenters. The van der Waals surface area contributed by atoms with Crippen molar-refractivity contribution in [1.82, 2.24) is 39.0 Å². The predicted octanol–water partition coefficient (Wildman–Crippen LogP) is -0.0396. The Morgan fingerprint density at radius 1 is 0.795 bits per heavy atom. The fourth-order valence-corrected chi connectivity index (χ4v) is 7.41. The highest BCUT2D eigenvalue weighted by Gasteiger charge is 2.54. The van der Waals surface area contributed by atoms with Gasteiger partial charge in [0.15, 0.2) is 47.7 Å². The van der Waals surface area contributed by atoms with Gasteiger partial charge in [0, 0.05) is 0 Å². The van der Waals surface area contributed by atoms with Gasteiger partial charge in [-0.2, -0.15) is 0 Å². The minimum atomic E-state index is -5.06. The summed E-state index contributed by atoms with van der Waals surface area (Å²) in [6.07, 6.45) is -8.62. The smallest absolute Gasteiger partial charge is 0.382 e. The molecule has 0 radical (unpaired) electrons. The van der Waals surface area contributed by atoms with Crippen LogP contribution in [0.4, 0.5) is 20.4 Å². The predicted molar refractivity (Wildman–Crippen MR) is 145 cm³/mol. The molecule has 4 aromatic rings. The van der Waals surface area contributed by atoms with Crippen molar-refractivity contribution >= 4 is 56.8 Å². The third kappa shape index (κ3) is 5.05. The molecule has 44 heavy (non-hydrogen) atoms. The monoisotopic (exact) mass is 658 g/mol. The Labute approximate surface area is 245 Å². The fraction of sp³-hybridized carbons (Fsp3) is 0.500. The Morgan fingerprint density at radius 2 is 1.27 bits per heavy atom. The molecule has 3 saturated heterocycles. The van der Waals surface area contributed by atoms with Gasteiger partial charge in [-0.1, -0.05) is 0 Å². The summed E-state index contributed by atoms with van der Waals surface area (Å²) >= 11 is 0. The number of nitrogens with zero attached hydrogens (tertiary/aromatic N) is 8. The molecule has 7 rings (SSSR count). The Hall–Kier alpha value is -3.20. The van der Waals surface area contributed by atoms with Gasteiger partial charge in [0.1, 0.15) is 48.1 Å². The summed E-state index contributed by atoms with van der Waals surface area (Å²) in [5.74, 6) is 0.0724. The quantitative estimate of drug-likeness (QED) is 0.189. The lowest BCUT2D eigenvalue weighted by atomic mass is 10.1. The summed E-state index contributed by atoms with van der Waals surface area (Å²) in [5.41, 5.74) is 12.2. The first-order valence-corrected chi connectivity index (χ1v) is 16.4. The molecule has 0 spiro atoms. The average molecular weight is 658 g/mol. The molecular weight excluding hydrogens is 635 g/mol. The van der Waals surface area contributed by atoms with E-state index in [0.29, 0.717) is 0 Å². The lowest BCUT2D eigenvalue weighted by molar-refractivity contribution is -0.0607. The number of aromatic nitrogens is 8. The maximum atomic E-state index is 15.9. The summed E-state index contributed by atoms with van der Waals surface area (Å²) in [6, 6.07) is 0. The number of nitrogen functional groups attached to an aromatic ring is 2. The van der Waals surface area contributed by atoms with Crippen LogP contribution < -0.4 is 11.5 Å². The van der Waals surface area contributed by atoms with Crippen molar-refractivity contribution in [1.29, 1.82) is 0 Å². The SMILES string of the molecule is BP1(=O)OC[C@H]2O[C@@H](n3cnc4c(N)ncnc43)[C@H](F)C2OP(=O)(O)OC[C@H]2O[C@@H](n3cnc4c(N)ncnc43)[C@H](F)[C@@H]2O1. The van der Waals surface area contributed by atoms with E-state index in [1.807, 2.05) is 0 Å². The fourth-order valence-electron chi connectivity index (χ4n) is 5.28. The number of phosphoric acid groups is 1. The number of alkyl halides is 2. The zero-order valence-electron chi connectivity index (χ0n) is 22.4. The van der Waals surface area contributed by atoms with Crippen LogP contribution in [-0.2, 0) is 36.7 Å². The van der Waals surface area contributed by atoms with E-state index in [1.165, 1.54) is 21.8 Å². The van der Waals surface area contributed by atoms with Gasteiger partial charge in [0.25, 0.3) is 15.0 Å². The number of nitrogens with two attached hydrogens (primary N) is 2. The molecule has 3 aliphatic heterocycles. The number of imidazole rings is 2. The maximum Gasteiger partial charge on any atom is 0.472 e. The number of hydrogen-bond acceptors (Lipinski definition) is 16. The van der Waals surface area contributed by atoms with E-state index in [2.05, 4.69) is 29.9 Å². The maximum absolute atomic E-state index is 15.9. The van der Waals surface area contributed by atoms with Crippen LogP contribution in [-0.4, -0.2) is 101 Å². The zero-order chi connectivity index (χ0) is 31.0. The van der Waals surface area contributed by atoms with Gasteiger partial charge >= 0.3 is 7.82 Å². The van der Waals surface area contributed by atoms with Crippen molar-refractivity contribution in [3.63, 3.8) is 0 Å². The molecule has 0 aliphatic carbocycles. The van der Waals surface area contributed by atoms with Crippen LogP contribution in [0, 0.1) is 0 Å². The molecule has 4 aromatic heterocycles. The molecule has 19 nitrogen and oxygen atoms in total. The highest BCUT2D eigenvalue weighted by molar-refractivity contribution is 7.79. The van der Waals surface area contributed by atoms with E-state index in [0.717, 1.165) is 20.2 Å². The minimum Gasteiger partial charge on any atom is -0.382 e. The third-order valence-electron chi connectivity index (χ3n) is 7.30. The lowest BCUT2D eigenvalue weighted by Crippen LogP contribution is -2.37. The van der Waals surface area contributed by atoms with Gasteiger partial charge in [-0.25, -0.2) is 43.2 Å². The summed E-state index contributed by atoms with van der Waals surface area (Å²) in [7, 11) is -8.11. The number of anilines is 2. The standard InChI is InChI=1S/C20H23BF2N10O9P2/c21-43(34)37-1-7-14(10(23)20(39-7)33-6-31-12-16(25)27-4-29-18(12)33)42-44(35,36)38-2-8-13(41-43)9(22)19(40-8)32-5-30-11-15(24)26-3-28-17(11)32/h3-10,13-14,19-20H,1-2,21H2,(H,35,36)(H2,24,26,28)(H2,25,27,29)/t7-,8-,9-,10-,13-,14?,19-,20-,43?/m1/s1. The Morgan fingerprint density at radius 3 is 1.80 bits per heavy atom. The average Bonchev–Trinajstić information content (AvgIpc) is 3.73. The van der Waals surface area contributed by atoms with Crippen LogP contribution in [0.15, 0.2) is 25.3 Å². The van der Waals surface area contributed by atoms with E-state index in [1.54, 1.807) is 0 Å². The van der Waals surface area contributed by atoms with Gasteiger partial charge in [0.05, 0.1) is 25.9 Å². The first-order valence-electron chi connectivity index (χ1n) is 12.9. The van der Waals surface area contributed by atoms with Crippen LogP contribution in [0.1, 0.15) is 12.5 Å². The molecule has 24 heteroatoms. The van der Waals surface area contributed by atoms with Crippen molar-refractivity contribution in [2.75, 3.05) is 24.7 Å². The molecule has 0 aromatic carbocycles. The van der Waals surface area contributed by atoms with E-state index in [4.69, 9.17) is 39.0 Å². The number of fused-ring (bicyclic) bond motifs is 4. The molecule has 3 aliphatic rings. The molecular formula is C20H23BF2N10O9P2. The largest absolute Gasteiger partial charge is 0.472 e. The molecule has 0 saturated carbocycles. The van der Waals surface area contributed by atoms with Crippen LogP contribution in [0.3, 0.4) is 0 Å². The summed E-state index contributed by atoms with van der Waals surface area (Å²) < 4.78 is 93.7. The Kier molecular flexibility index (Phi) is 7.18. The van der Waals surface area contributed by atoms with Gasteiger partial charge in [0.2, 0.25) is 0 Å². The first-order chi connectivity index (χ1) is 20.9. The first kappa shape index (κ1) is 29.5. The van der Waals surface area contributed by atoms with E-state index >= 15 is 8.78 Å². The molecule has 5 N–H and O–H groups in total. The van der Waals surface area contributed by atoms with Crippen LogP contribution in [0.2, 0.25) is 0 Å². The molecule has 234 valence electrons.